The summed E-state index contributed by atoms with van der Waals surface area (Å²) in [7, 11) is 0. The zero-order valence-corrected chi connectivity index (χ0v) is 22.7. The van der Waals surface area contributed by atoms with Crippen LogP contribution in [0.2, 0.25) is 10.0 Å². The van der Waals surface area contributed by atoms with Crippen molar-refractivity contribution in [3.63, 3.8) is 0 Å². The van der Waals surface area contributed by atoms with Gasteiger partial charge in [0.15, 0.2) is 5.76 Å². The fourth-order valence-electron chi connectivity index (χ4n) is 4.99. The minimum atomic E-state index is -0.222. The fourth-order valence-corrected chi connectivity index (χ4v) is 5.49. The van der Waals surface area contributed by atoms with Gasteiger partial charge in [-0.15, -0.1) is 0 Å². The largest absolute Gasteiger partial charge is 0.455 e. The lowest BCUT2D eigenvalue weighted by Gasteiger charge is -2.39. The number of hydrogen-bond acceptors (Lipinski definition) is 4. The third kappa shape index (κ3) is 6.66. The van der Waals surface area contributed by atoms with Gasteiger partial charge in [-0.1, -0.05) is 89.9 Å². The molecule has 1 aliphatic heterocycles. The molecule has 0 radical (unpaired) electrons. The molecule has 0 atom stereocenters. The third-order valence-electron chi connectivity index (χ3n) is 6.96. The number of carbonyl (C=O) groups is 1. The van der Waals surface area contributed by atoms with Gasteiger partial charge >= 0.3 is 0 Å². The van der Waals surface area contributed by atoms with Crippen LogP contribution in [0.1, 0.15) is 39.0 Å². The highest BCUT2D eigenvalue weighted by Crippen LogP contribution is 2.29. The van der Waals surface area contributed by atoms with Crippen molar-refractivity contribution in [1.29, 1.82) is 0 Å². The normalized spacial score (nSPS) is 14.6. The number of nitrogens with one attached hydrogen (secondary N) is 1. The molecule has 0 bridgehead atoms. The summed E-state index contributed by atoms with van der Waals surface area (Å²) in [5, 5.41) is 4.11. The molecule has 7 heteroatoms. The van der Waals surface area contributed by atoms with E-state index >= 15 is 0 Å². The molecular formula is C31H31Cl2N3O2. The number of carbonyl (C=O) groups excluding carboxylic acids is 1. The monoisotopic (exact) mass is 547 g/mol. The maximum Gasteiger partial charge on any atom is 0.287 e. The standard InChI is InChI=1S/C31H31Cl2N3O2/c32-26-12-11-23(28(33)21-26)15-16-34-31(37)29-14-13-27(38-29)22-35-17-19-36(20-18-35)30(24-7-3-1-4-8-24)25-9-5-2-6-10-25/h1-14,21,30H,15-20,22H2,(H,34,37). The van der Waals surface area contributed by atoms with E-state index in [1.54, 1.807) is 18.2 Å². The van der Waals surface area contributed by atoms with Crippen molar-refractivity contribution in [3.05, 3.63) is 129 Å². The first-order valence-electron chi connectivity index (χ1n) is 12.9. The number of rotatable bonds is 9. The first-order valence-corrected chi connectivity index (χ1v) is 13.7. The highest BCUT2D eigenvalue weighted by atomic mass is 35.5. The van der Waals surface area contributed by atoms with Gasteiger partial charge in [0.25, 0.3) is 5.91 Å². The summed E-state index contributed by atoms with van der Waals surface area (Å²) in [5.74, 6) is 0.904. The minimum absolute atomic E-state index is 0.222. The van der Waals surface area contributed by atoms with Gasteiger partial charge in [-0.2, -0.15) is 0 Å². The highest BCUT2D eigenvalue weighted by Gasteiger charge is 2.26. The SMILES string of the molecule is O=C(NCCc1ccc(Cl)cc1Cl)c1ccc(CN2CCN(C(c3ccccc3)c3ccccc3)CC2)o1. The zero-order chi connectivity index (χ0) is 26.3. The van der Waals surface area contributed by atoms with Crippen LogP contribution in [0, 0.1) is 0 Å². The molecule has 0 unspecified atom stereocenters. The average Bonchev–Trinajstić information content (AvgIpc) is 3.41. The summed E-state index contributed by atoms with van der Waals surface area (Å²) < 4.78 is 5.89. The van der Waals surface area contributed by atoms with Crippen LogP contribution < -0.4 is 5.32 Å². The maximum absolute atomic E-state index is 12.6. The summed E-state index contributed by atoms with van der Waals surface area (Å²) in [6, 6.07) is 30.7. The lowest BCUT2D eigenvalue weighted by atomic mass is 9.96. The van der Waals surface area contributed by atoms with E-state index in [-0.39, 0.29) is 11.9 Å². The number of hydrogen-bond donors (Lipinski definition) is 1. The lowest BCUT2D eigenvalue weighted by Crippen LogP contribution is -2.47. The van der Waals surface area contributed by atoms with Gasteiger partial charge in [0.2, 0.25) is 0 Å². The quantitative estimate of drug-likeness (QED) is 0.261. The van der Waals surface area contributed by atoms with Crippen LogP contribution in [0.3, 0.4) is 0 Å². The summed E-state index contributed by atoms with van der Waals surface area (Å²) in [6.07, 6.45) is 0.618. The van der Waals surface area contributed by atoms with Gasteiger partial charge in [-0.05, 0) is 47.4 Å². The summed E-state index contributed by atoms with van der Waals surface area (Å²) in [5.41, 5.74) is 3.57. The van der Waals surface area contributed by atoms with Crippen LogP contribution in [0.5, 0.6) is 0 Å². The Morgan fingerprint density at radius 1 is 0.842 bits per heavy atom. The number of halogens is 2. The molecule has 1 fully saturated rings. The van der Waals surface area contributed by atoms with E-state index in [1.165, 1.54) is 11.1 Å². The Kier molecular flexibility index (Phi) is 8.82. The van der Waals surface area contributed by atoms with Crippen LogP contribution in [0.15, 0.2) is 95.4 Å². The smallest absolute Gasteiger partial charge is 0.287 e. The van der Waals surface area contributed by atoms with Crippen molar-refractivity contribution in [1.82, 2.24) is 15.1 Å². The predicted octanol–water partition coefficient (Wildman–Crippen LogP) is 6.47. The first-order chi connectivity index (χ1) is 18.6. The van der Waals surface area contributed by atoms with Gasteiger partial charge in [-0.25, -0.2) is 0 Å². The highest BCUT2D eigenvalue weighted by molar-refractivity contribution is 6.35. The molecule has 2 heterocycles. The number of furan rings is 1. The second kappa shape index (κ2) is 12.6. The molecule has 5 rings (SSSR count). The predicted molar refractivity (Wildman–Crippen MR) is 153 cm³/mol. The number of nitrogens with zero attached hydrogens (tertiary/aromatic N) is 2. The van der Waals surface area contributed by atoms with Crippen molar-refractivity contribution in [2.75, 3.05) is 32.7 Å². The van der Waals surface area contributed by atoms with Crippen molar-refractivity contribution in [2.45, 2.75) is 19.0 Å². The van der Waals surface area contributed by atoms with E-state index in [0.717, 1.165) is 37.5 Å². The van der Waals surface area contributed by atoms with Crippen LogP contribution in [-0.4, -0.2) is 48.4 Å². The van der Waals surface area contributed by atoms with E-state index in [1.807, 2.05) is 12.1 Å². The van der Waals surface area contributed by atoms with Crippen LogP contribution in [0.25, 0.3) is 0 Å². The number of amides is 1. The van der Waals surface area contributed by atoms with Gasteiger partial charge < -0.3 is 9.73 Å². The average molecular weight is 549 g/mol. The van der Waals surface area contributed by atoms with E-state index < -0.39 is 0 Å². The summed E-state index contributed by atoms with van der Waals surface area (Å²) in [6.45, 7) is 4.91. The van der Waals surface area contributed by atoms with Crippen LogP contribution in [0.4, 0.5) is 0 Å². The Labute approximate surface area is 234 Å². The maximum atomic E-state index is 12.6. The Morgan fingerprint density at radius 2 is 1.50 bits per heavy atom. The zero-order valence-electron chi connectivity index (χ0n) is 21.2. The lowest BCUT2D eigenvalue weighted by molar-refractivity contribution is 0.0903. The molecule has 1 aromatic heterocycles. The minimum Gasteiger partial charge on any atom is -0.455 e. The molecule has 5 nitrogen and oxygen atoms in total. The molecule has 0 spiro atoms. The number of benzene rings is 3. The first kappa shape index (κ1) is 26.5. The van der Waals surface area contributed by atoms with Gasteiger partial charge in [0.05, 0.1) is 12.6 Å². The van der Waals surface area contributed by atoms with Gasteiger partial charge in [0.1, 0.15) is 5.76 Å². The molecule has 0 saturated carbocycles. The molecule has 1 saturated heterocycles. The third-order valence-corrected chi connectivity index (χ3v) is 7.55. The molecule has 3 aromatic carbocycles. The van der Waals surface area contributed by atoms with E-state index in [9.17, 15) is 4.79 Å². The molecule has 1 amide bonds. The molecule has 1 aliphatic rings. The van der Waals surface area contributed by atoms with Gasteiger partial charge in [-0.3, -0.25) is 14.6 Å². The Hall–Kier alpha value is -3.09. The number of piperazine rings is 1. The Morgan fingerprint density at radius 3 is 2.13 bits per heavy atom. The second-order valence-electron chi connectivity index (χ2n) is 9.54. The van der Waals surface area contributed by atoms with Crippen molar-refractivity contribution in [3.8, 4) is 0 Å². The molecular weight excluding hydrogens is 517 g/mol. The summed E-state index contributed by atoms with van der Waals surface area (Å²) >= 11 is 12.2. The van der Waals surface area contributed by atoms with E-state index in [4.69, 9.17) is 27.6 Å². The molecule has 4 aromatic rings. The van der Waals surface area contributed by atoms with Crippen LogP contribution in [-0.2, 0) is 13.0 Å². The van der Waals surface area contributed by atoms with E-state index in [0.29, 0.717) is 35.3 Å². The topological polar surface area (TPSA) is 48.7 Å². The second-order valence-corrected chi connectivity index (χ2v) is 10.4. The molecule has 1 N–H and O–H groups in total. The Bertz CT molecular complexity index is 1300. The van der Waals surface area contributed by atoms with Gasteiger partial charge in [0, 0.05) is 42.8 Å². The molecule has 0 aliphatic carbocycles. The van der Waals surface area contributed by atoms with E-state index in [2.05, 4.69) is 75.8 Å². The molecule has 196 valence electrons. The van der Waals surface area contributed by atoms with Crippen molar-refractivity contribution >= 4 is 29.1 Å². The summed E-state index contributed by atoms with van der Waals surface area (Å²) in [4.78, 5) is 17.5. The fraction of sp³-hybridized carbons (Fsp3) is 0.258. The van der Waals surface area contributed by atoms with Crippen molar-refractivity contribution < 1.29 is 9.21 Å². The van der Waals surface area contributed by atoms with Crippen molar-refractivity contribution in [2.24, 2.45) is 0 Å². The molecule has 38 heavy (non-hydrogen) atoms. The van der Waals surface area contributed by atoms with Crippen LogP contribution >= 0.6 is 23.2 Å². The Balaban J connectivity index is 1.13.